The Hall–Kier alpha value is -1.06. The first-order chi connectivity index (χ1) is 7.97. The largest absolute Gasteiger partial charge is 0.480 e. The van der Waals surface area contributed by atoms with Crippen molar-refractivity contribution in [2.45, 2.75) is 51.5 Å². The van der Waals surface area contributed by atoms with Gasteiger partial charge in [0.1, 0.15) is 5.54 Å². The van der Waals surface area contributed by atoms with E-state index in [0.717, 1.165) is 25.7 Å². The SMILES string of the molecule is CC1CCCC1C(=O)N1CCCC1(C)C(=O)O. The maximum atomic E-state index is 12.4. The van der Waals surface area contributed by atoms with Crippen molar-refractivity contribution in [1.29, 1.82) is 0 Å². The van der Waals surface area contributed by atoms with Crippen molar-refractivity contribution in [3.63, 3.8) is 0 Å². The second-order valence-electron chi connectivity index (χ2n) is 5.69. The molecule has 1 heterocycles. The first-order valence-corrected chi connectivity index (χ1v) is 6.51. The van der Waals surface area contributed by atoms with Crippen LogP contribution in [0.25, 0.3) is 0 Å². The molecule has 17 heavy (non-hydrogen) atoms. The Morgan fingerprint density at radius 2 is 2.00 bits per heavy atom. The molecule has 1 saturated heterocycles. The number of carboxylic acid groups (broad SMARTS) is 1. The fourth-order valence-electron chi connectivity index (χ4n) is 3.25. The average molecular weight is 239 g/mol. The minimum atomic E-state index is -0.973. The van der Waals surface area contributed by atoms with Crippen LogP contribution in [0.15, 0.2) is 0 Å². The predicted octanol–water partition coefficient (Wildman–Crippen LogP) is 1.89. The normalized spacial score (nSPS) is 37.4. The van der Waals surface area contributed by atoms with Gasteiger partial charge in [-0.1, -0.05) is 13.3 Å². The van der Waals surface area contributed by atoms with Gasteiger partial charge in [-0.2, -0.15) is 0 Å². The van der Waals surface area contributed by atoms with Gasteiger partial charge in [-0.3, -0.25) is 4.79 Å². The predicted molar refractivity (Wildman–Crippen MR) is 63.5 cm³/mol. The smallest absolute Gasteiger partial charge is 0.329 e. The zero-order valence-electron chi connectivity index (χ0n) is 10.6. The highest BCUT2D eigenvalue weighted by Gasteiger charge is 2.48. The van der Waals surface area contributed by atoms with Crippen LogP contribution in [-0.2, 0) is 9.59 Å². The first-order valence-electron chi connectivity index (χ1n) is 6.51. The van der Waals surface area contributed by atoms with Crippen LogP contribution < -0.4 is 0 Å². The molecule has 2 fully saturated rings. The highest BCUT2D eigenvalue weighted by Crippen LogP contribution is 2.37. The lowest BCUT2D eigenvalue weighted by atomic mass is 9.93. The number of rotatable bonds is 2. The Balaban J connectivity index is 2.16. The number of aliphatic carboxylic acids is 1. The third-order valence-corrected chi connectivity index (χ3v) is 4.55. The molecule has 3 unspecified atom stereocenters. The van der Waals surface area contributed by atoms with Gasteiger partial charge in [-0.15, -0.1) is 0 Å². The molecule has 0 bridgehead atoms. The van der Waals surface area contributed by atoms with Crippen LogP contribution in [0.2, 0.25) is 0 Å². The summed E-state index contributed by atoms with van der Waals surface area (Å²) in [4.78, 5) is 25.4. The maximum absolute atomic E-state index is 12.4. The van der Waals surface area contributed by atoms with E-state index in [-0.39, 0.29) is 11.8 Å². The molecule has 1 aliphatic carbocycles. The summed E-state index contributed by atoms with van der Waals surface area (Å²) in [6, 6.07) is 0. The summed E-state index contributed by atoms with van der Waals surface area (Å²) in [5.74, 6) is -0.348. The fourth-order valence-corrected chi connectivity index (χ4v) is 3.25. The van der Waals surface area contributed by atoms with Crippen molar-refractivity contribution in [2.75, 3.05) is 6.54 Å². The van der Waals surface area contributed by atoms with E-state index in [0.29, 0.717) is 18.9 Å². The summed E-state index contributed by atoms with van der Waals surface area (Å²) in [6.07, 6.45) is 4.49. The molecule has 2 aliphatic rings. The molecular formula is C13H21NO3. The Kier molecular flexibility index (Phi) is 3.15. The van der Waals surface area contributed by atoms with Crippen molar-refractivity contribution in [3.05, 3.63) is 0 Å². The molecular weight excluding hydrogens is 218 g/mol. The molecule has 2 rings (SSSR count). The van der Waals surface area contributed by atoms with Crippen molar-refractivity contribution in [1.82, 2.24) is 4.90 Å². The monoisotopic (exact) mass is 239 g/mol. The zero-order valence-corrected chi connectivity index (χ0v) is 10.6. The van der Waals surface area contributed by atoms with E-state index in [1.165, 1.54) is 0 Å². The summed E-state index contributed by atoms with van der Waals surface area (Å²) >= 11 is 0. The minimum absolute atomic E-state index is 0.0479. The molecule has 0 aromatic carbocycles. The van der Waals surface area contributed by atoms with Gasteiger partial charge >= 0.3 is 5.97 Å². The maximum Gasteiger partial charge on any atom is 0.329 e. The van der Waals surface area contributed by atoms with Gasteiger partial charge < -0.3 is 10.0 Å². The van der Waals surface area contributed by atoms with Crippen LogP contribution in [0.3, 0.4) is 0 Å². The number of carboxylic acids is 1. The third kappa shape index (κ3) is 1.94. The van der Waals surface area contributed by atoms with Gasteiger partial charge in [-0.25, -0.2) is 4.79 Å². The van der Waals surface area contributed by atoms with E-state index in [2.05, 4.69) is 6.92 Å². The number of likely N-dealkylation sites (tertiary alicyclic amines) is 1. The van der Waals surface area contributed by atoms with Crippen molar-refractivity contribution in [3.8, 4) is 0 Å². The number of carbonyl (C=O) groups is 2. The summed E-state index contributed by atoms with van der Waals surface area (Å²) < 4.78 is 0. The van der Waals surface area contributed by atoms with Gasteiger partial charge in [-0.05, 0) is 38.5 Å². The van der Waals surface area contributed by atoms with Gasteiger partial charge in [0.05, 0.1) is 0 Å². The van der Waals surface area contributed by atoms with E-state index in [4.69, 9.17) is 0 Å². The quantitative estimate of drug-likeness (QED) is 0.800. The number of hydrogen-bond acceptors (Lipinski definition) is 2. The van der Waals surface area contributed by atoms with E-state index in [1.54, 1.807) is 11.8 Å². The molecule has 0 aromatic rings. The number of amides is 1. The Morgan fingerprint density at radius 3 is 2.53 bits per heavy atom. The highest BCUT2D eigenvalue weighted by molar-refractivity contribution is 5.88. The Bertz CT molecular complexity index is 342. The number of hydrogen-bond donors (Lipinski definition) is 1. The summed E-state index contributed by atoms with van der Waals surface area (Å²) in [5.41, 5.74) is -0.973. The van der Waals surface area contributed by atoms with E-state index in [1.807, 2.05) is 0 Å². The lowest BCUT2D eigenvalue weighted by molar-refractivity contribution is -0.157. The van der Waals surface area contributed by atoms with Crippen LogP contribution in [0.5, 0.6) is 0 Å². The molecule has 0 radical (unpaired) electrons. The summed E-state index contributed by atoms with van der Waals surface area (Å²) in [6.45, 7) is 4.38. The van der Waals surface area contributed by atoms with Crippen molar-refractivity contribution in [2.24, 2.45) is 11.8 Å². The van der Waals surface area contributed by atoms with E-state index < -0.39 is 11.5 Å². The lowest BCUT2D eigenvalue weighted by Gasteiger charge is -2.34. The fraction of sp³-hybridized carbons (Fsp3) is 0.846. The average Bonchev–Trinajstić information content (AvgIpc) is 2.84. The molecule has 4 heteroatoms. The van der Waals surface area contributed by atoms with Gasteiger partial charge in [0.15, 0.2) is 0 Å². The topological polar surface area (TPSA) is 57.6 Å². The zero-order chi connectivity index (χ0) is 12.6. The molecule has 1 amide bonds. The van der Waals surface area contributed by atoms with E-state index in [9.17, 15) is 14.7 Å². The standard InChI is InChI=1S/C13H21NO3/c1-9-5-3-6-10(9)11(15)14-8-4-7-13(14,2)12(16)17/h9-10H,3-8H2,1-2H3,(H,16,17). The molecule has 3 atom stereocenters. The molecule has 0 spiro atoms. The van der Waals surface area contributed by atoms with E-state index >= 15 is 0 Å². The second kappa shape index (κ2) is 4.31. The first kappa shape index (κ1) is 12.4. The third-order valence-electron chi connectivity index (χ3n) is 4.55. The van der Waals surface area contributed by atoms with Gasteiger partial charge in [0, 0.05) is 12.5 Å². The Labute approximate surface area is 102 Å². The molecule has 4 nitrogen and oxygen atoms in total. The van der Waals surface area contributed by atoms with Crippen LogP contribution in [0.1, 0.15) is 46.0 Å². The van der Waals surface area contributed by atoms with Crippen LogP contribution in [0.4, 0.5) is 0 Å². The van der Waals surface area contributed by atoms with Gasteiger partial charge in [0.25, 0.3) is 0 Å². The number of carbonyl (C=O) groups excluding carboxylic acids is 1. The second-order valence-corrected chi connectivity index (χ2v) is 5.69. The van der Waals surface area contributed by atoms with Crippen LogP contribution >= 0.6 is 0 Å². The molecule has 1 saturated carbocycles. The summed E-state index contributed by atoms with van der Waals surface area (Å²) in [7, 11) is 0. The summed E-state index contributed by atoms with van der Waals surface area (Å²) in [5, 5.41) is 9.31. The van der Waals surface area contributed by atoms with Crippen LogP contribution in [-0.4, -0.2) is 34.0 Å². The lowest BCUT2D eigenvalue weighted by Crippen LogP contribution is -2.52. The highest BCUT2D eigenvalue weighted by atomic mass is 16.4. The molecule has 1 aliphatic heterocycles. The minimum Gasteiger partial charge on any atom is -0.480 e. The number of nitrogens with zero attached hydrogens (tertiary/aromatic N) is 1. The van der Waals surface area contributed by atoms with Crippen molar-refractivity contribution < 1.29 is 14.7 Å². The molecule has 96 valence electrons. The Morgan fingerprint density at radius 1 is 1.29 bits per heavy atom. The van der Waals surface area contributed by atoms with Crippen LogP contribution in [0, 0.1) is 11.8 Å². The molecule has 0 aromatic heterocycles. The molecule has 1 N–H and O–H groups in total. The van der Waals surface area contributed by atoms with Gasteiger partial charge in [0.2, 0.25) is 5.91 Å². The van der Waals surface area contributed by atoms with Crippen molar-refractivity contribution >= 4 is 11.9 Å².